The average Bonchev–Trinajstić information content (AvgIpc) is 2.32. The zero-order chi connectivity index (χ0) is 12.3. The average molecular weight is 234 g/mol. The van der Waals surface area contributed by atoms with Crippen molar-refractivity contribution in [2.24, 2.45) is 0 Å². The van der Waals surface area contributed by atoms with E-state index < -0.39 is 0 Å². The van der Waals surface area contributed by atoms with Crippen LogP contribution in [-0.2, 0) is 0 Å². The standard InChI is InChI=1S/C15H22O2/c1-11(2)12-6-5-7-13(10-12)17-15-9-4-3-8-14(15)16/h5-7,10-11,14-16H,3-4,8-9H2,1-2H3/t14-,15-/m1/s1. The molecule has 2 atom stereocenters. The Balaban J connectivity index is 2.04. The van der Waals surface area contributed by atoms with Crippen molar-refractivity contribution in [3.63, 3.8) is 0 Å². The first kappa shape index (κ1) is 12.4. The Bertz CT molecular complexity index is 360. The SMILES string of the molecule is CC(C)c1cccc(O[C@@H]2CCCC[C@H]2O)c1. The lowest BCUT2D eigenvalue weighted by molar-refractivity contribution is 0.00683. The van der Waals surface area contributed by atoms with Crippen molar-refractivity contribution < 1.29 is 9.84 Å². The summed E-state index contributed by atoms with van der Waals surface area (Å²) in [6.45, 7) is 4.35. The van der Waals surface area contributed by atoms with Crippen LogP contribution in [0.15, 0.2) is 24.3 Å². The van der Waals surface area contributed by atoms with Gasteiger partial charge in [-0.3, -0.25) is 0 Å². The second kappa shape index (κ2) is 5.54. The second-order valence-electron chi connectivity index (χ2n) is 5.24. The molecule has 0 heterocycles. The number of hydrogen-bond donors (Lipinski definition) is 1. The lowest BCUT2D eigenvalue weighted by atomic mass is 9.95. The van der Waals surface area contributed by atoms with E-state index in [-0.39, 0.29) is 12.2 Å². The fourth-order valence-corrected chi connectivity index (χ4v) is 2.34. The van der Waals surface area contributed by atoms with E-state index in [9.17, 15) is 5.11 Å². The largest absolute Gasteiger partial charge is 0.488 e. The molecule has 0 radical (unpaired) electrons. The lowest BCUT2D eigenvalue weighted by Gasteiger charge is -2.28. The van der Waals surface area contributed by atoms with E-state index in [1.807, 2.05) is 12.1 Å². The summed E-state index contributed by atoms with van der Waals surface area (Å²) in [4.78, 5) is 0. The maximum atomic E-state index is 9.88. The van der Waals surface area contributed by atoms with Gasteiger partial charge in [0, 0.05) is 0 Å². The molecule has 94 valence electrons. The summed E-state index contributed by atoms with van der Waals surface area (Å²) >= 11 is 0. The number of ether oxygens (including phenoxy) is 1. The van der Waals surface area contributed by atoms with Crippen LogP contribution in [0.25, 0.3) is 0 Å². The topological polar surface area (TPSA) is 29.5 Å². The van der Waals surface area contributed by atoms with Crippen LogP contribution in [0.1, 0.15) is 51.0 Å². The van der Waals surface area contributed by atoms with Gasteiger partial charge in [-0.25, -0.2) is 0 Å². The van der Waals surface area contributed by atoms with Gasteiger partial charge in [0.05, 0.1) is 6.10 Å². The van der Waals surface area contributed by atoms with Gasteiger partial charge in [0.15, 0.2) is 0 Å². The monoisotopic (exact) mass is 234 g/mol. The molecule has 1 aliphatic rings. The maximum Gasteiger partial charge on any atom is 0.124 e. The van der Waals surface area contributed by atoms with Crippen LogP contribution >= 0.6 is 0 Å². The molecule has 1 aromatic rings. The van der Waals surface area contributed by atoms with Gasteiger partial charge >= 0.3 is 0 Å². The van der Waals surface area contributed by atoms with E-state index in [2.05, 4.69) is 26.0 Å². The molecular weight excluding hydrogens is 212 g/mol. The molecule has 1 aromatic carbocycles. The van der Waals surface area contributed by atoms with Crippen molar-refractivity contribution in [2.45, 2.75) is 57.7 Å². The Morgan fingerprint density at radius 3 is 2.71 bits per heavy atom. The molecule has 1 saturated carbocycles. The molecule has 1 N–H and O–H groups in total. The smallest absolute Gasteiger partial charge is 0.124 e. The van der Waals surface area contributed by atoms with Gasteiger partial charge in [-0.15, -0.1) is 0 Å². The van der Waals surface area contributed by atoms with E-state index in [0.717, 1.165) is 31.4 Å². The number of hydrogen-bond acceptors (Lipinski definition) is 2. The third-order valence-electron chi connectivity index (χ3n) is 3.48. The van der Waals surface area contributed by atoms with Gasteiger partial charge in [-0.1, -0.05) is 32.4 Å². The van der Waals surface area contributed by atoms with Crippen LogP contribution < -0.4 is 4.74 Å². The molecule has 2 heteroatoms. The fourth-order valence-electron chi connectivity index (χ4n) is 2.34. The summed E-state index contributed by atoms with van der Waals surface area (Å²) in [5.74, 6) is 1.40. The molecule has 0 bridgehead atoms. The van der Waals surface area contributed by atoms with Crippen molar-refractivity contribution in [3.05, 3.63) is 29.8 Å². The van der Waals surface area contributed by atoms with Crippen molar-refractivity contribution in [2.75, 3.05) is 0 Å². The molecule has 0 amide bonds. The normalized spacial score (nSPS) is 24.9. The highest BCUT2D eigenvalue weighted by Crippen LogP contribution is 2.26. The third kappa shape index (κ3) is 3.22. The maximum absolute atomic E-state index is 9.88. The van der Waals surface area contributed by atoms with E-state index in [1.165, 1.54) is 5.56 Å². The van der Waals surface area contributed by atoms with Gasteiger partial charge in [0.1, 0.15) is 11.9 Å². The molecule has 0 unspecified atom stereocenters. The summed E-state index contributed by atoms with van der Waals surface area (Å²) < 4.78 is 5.91. The summed E-state index contributed by atoms with van der Waals surface area (Å²) in [5, 5.41) is 9.88. The molecule has 0 aromatic heterocycles. The highest BCUT2D eigenvalue weighted by molar-refractivity contribution is 5.30. The summed E-state index contributed by atoms with van der Waals surface area (Å²) in [6, 6.07) is 8.22. The van der Waals surface area contributed by atoms with E-state index in [4.69, 9.17) is 4.74 Å². The van der Waals surface area contributed by atoms with Crippen LogP contribution in [0, 0.1) is 0 Å². The molecule has 2 nitrogen and oxygen atoms in total. The zero-order valence-corrected chi connectivity index (χ0v) is 10.7. The molecule has 17 heavy (non-hydrogen) atoms. The molecule has 0 saturated heterocycles. The first-order valence-corrected chi connectivity index (χ1v) is 6.61. The van der Waals surface area contributed by atoms with Gasteiger partial charge in [0.2, 0.25) is 0 Å². The van der Waals surface area contributed by atoms with Crippen LogP contribution in [0.3, 0.4) is 0 Å². The summed E-state index contributed by atoms with van der Waals surface area (Å²) in [6.07, 6.45) is 3.79. The Hall–Kier alpha value is -1.02. The Labute approximate surface area is 104 Å². The van der Waals surface area contributed by atoms with E-state index >= 15 is 0 Å². The van der Waals surface area contributed by atoms with Gasteiger partial charge in [-0.2, -0.15) is 0 Å². The van der Waals surface area contributed by atoms with Crippen molar-refractivity contribution in [1.82, 2.24) is 0 Å². The Morgan fingerprint density at radius 2 is 2.00 bits per heavy atom. The minimum atomic E-state index is -0.300. The van der Waals surface area contributed by atoms with Crippen LogP contribution in [0.5, 0.6) is 5.75 Å². The predicted octanol–water partition coefficient (Wildman–Crippen LogP) is 3.49. The molecule has 0 spiro atoms. The van der Waals surface area contributed by atoms with Crippen molar-refractivity contribution >= 4 is 0 Å². The van der Waals surface area contributed by atoms with Gasteiger partial charge in [0.25, 0.3) is 0 Å². The third-order valence-corrected chi connectivity index (χ3v) is 3.48. The minimum absolute atomic E-state index is 0.0221. The quantitative estimate of drug-likeness (QED) is 0.867. The number of benzene rings is 1. The first-order chi connectivity index (χ1) is 8.16. The molecule has 1 aliphatic carbocycles. The number of aliphatic hydroxyl groups excluding tert-OH is 1. The van der Waals surface area contributed by atoms with Gasteiger partial charge in [-0.05, 0) is 42.9 Å². The van der Waals surface area contributed by atoms with E-state index in [0.29, 0.717) is 5.92 Å². The van der Waals surface area contributed by atoms with Crippen LogP contribution in [0.4, 0.5) is 0 Å². The fraction of sp³-hybridized carbons (Fsp3) is 0.600. The Morgan fingerprint density at radius 1 is 1.24 bits per heavy atom. The van der Waals surface area contributed by atoms with Crippen molar-refractivity contribution in [1.29, 1.82) is 0 Å². The van der Waals surface area contributed by atoms with Crippen LogP contribution in [0.2, 0.25) is 0 Å². The zero-order valence-electron chi connectivity index (χ0n) is 10.7. The number of rotatable bonds is 3. The lowest BCUT2D eigenvalue weighted by Crippen LogP contribution is -2.34. The van der Waals surface area contributed by atoms with Gasteiger partial charge < -0.3 is 9.84 Å². The molecular formula is C15H22O2. The highest BCUT2D eigenvalue weighted by atomic mass is 16.5. The van der Waals surface area contributed by atoms with E-state index in [1.54, 1.807) is 0 Å². The Kier molecular flexibility index (Phi) is 4.06. The molecule has 0 aliphatic heterocycles. The first-order valence-electron chi connectivity index (χ1n) is 6.61. The highest BCUT2D eigenvalue weighted by Gasteiger charge is 2.24. The molecule has 2 rings (SSSR count). The van der Waals surface area contributed by atoms with Crippen LogP contribution in [-0.4, -0.2) is 17.3 Å². The molecule has 1 fully saturated rings. The summed E-state index contributed by atoms with van der Waals surface area (Å²) in [7, 11) is 0. The predicted molar refractivity (Wildman–Crippen MR) is 69.4 cm³/mol. The van der Waals surface area contributed by atoms with Crippen molar-refractivity contribution in [3.8, 4) is 5.75 Å². The number of aliphatic hydroxyl groups is 1. The second-order valence-corrected chi connectivity index (χ2v) is 5.24. The summed E-state index contributed by atoms with van der Waals surface area (Å²) in [5.41, 5.74) is 1.28. The minimum Gasteiger partial charge on any atom is -0.488 e.